The number of fused-ring (bicyclic) bond motifs is 2. The van der Waals surface area contributed by atoms with Crippen LogP contribution in [0.25, 0.3) is 17.0 Å². The van der Waals surface area contributed by atoms with Crippen molar-refractivity contribution in [1.29, 1.82) is 0 Å². The Balaban J connectivity index is 1.57. The molecule has 0 amide bonds. The van der Waals surface area contributed by atoms with Crippen molar-refractivity contribution in [1.82, 2.24) is 19.7 Å². The van der Waals surface area contributed by atoms with Gasteiger partial charge in [-0.3, -0.25) is 4.79 Å². The number of hydrogen-bond acceptors (Lipinski definition) is 3. The van der Waals surface area contributed by atoms with E-state index in [1.807, 2.05) is 24.3 Å². The maximum absolute atomic E-state index is 13.2. The Kier molecular flexibility index (Phi) is 3.25. The van der Waals surface area contributed by atoms with Crippen LogP contribution in [0.1, 0.15) is 34.0 Å². The first kappa shape index (κ1) is 15.0. The second kappa shape index (κ2) is 5.62. The van der Waals surface area contributed by atoms with Crippen molar-refractivity contribution in [3.8, 4) is 5.95 Å². The molecule has 0 spiro atoms. The van der Waals surface area contributed by atoms with E-state index in [-0.39, 0.29) is 17.5 Å². The summed E-state index contributed by atoms with van der Waals surface area (Å²) in [7, 11) is 0. The Bertz CT molecular complexity index is 1090. The van der Waals surface area contributed by atoms with Crippen molar-refractivity contribution in [3.63, 3.8) is 0 Å². The number of aromatic amines is 1. The van der Waals surface area contributed by atoms with Gasteiger partial charge in [-0.2, -0.15) is 5.10 Å². The van der Waals surface area contributed by atoms with Gasteiger partial charge in [-0.15, -0.1) is 0 Å². The highest BCUT2D eigenvalue weighted by molar-refractivity contribution is 5.98. The van der Waals surface area contributed by atoms with E-state index in [4.69, 9.17) is 0 Å². The van der Waals surface area contributed by atoms with E-state index >= 15 is 0 Å². The molecule has 128 valence electrons. The fourth-order valence-electron chi connectivity index (χ4n) is 3.64. The zero-order valence-electron chi connectivity index (χ0n) is 13.8. The number of nitrogens with one attached hydrogen (secondary N) is 1. The summed E-state index contributed by atoms with van der Waals surface area (Å²) < 4.78 is 14.9. The van der Waals surface area contributed by atoms with Crippen molar-refractivity contribution >= 4 is 16.8 Å². The van der Waals surface area contributed by atoms with Crippen LogP contribution in [0.5, 0.6) is 0 Å². The minimum Gasteiger partial charge on any atom is -0.322 e. The molecule has 1 atom stereocenters. The highest BCUT2D eigenvalue weighted by atomic mass is 19.1. The van der Waals surface area contributed by atoms with E-state index < -0.39 is 0 Å². The molecule has 0 saturated heterocycles. The van der Waals surface area contributed by atoms with Gasteiger partial charge in [0, 0.05) is 6.42 Å². The van der Waals surface area contributed by atoms with E-state index in [0.29, 0.717) is 24.4 Å². The van der Waals surface area contributed by atoms with Gasteiger partial charge in [0.2, 0.25) is 5.95 Å². The Morgan fingerprint density at radius 1 is 1.08 bits per heavy atom. The van der Waals surface area contributed by atoms with Crippen LogP contribution in [0.4, 0.5) is 4.39 Å². The number of carbonyl (C=O) groups is 1. The maximum Gasteiger partial charge on any atom is 0.229 e. The van der Waals surface area contributed by atoms with E-state index in [9.17, 15) is 9.18 Å². The molecule has 26 heavy (non-hydrogen) atoms. The van der Waals surface area contributed by atoms with E-state index in [0.717, 1.165) is 22.3 Å². The van der Waals surface area contributed by atoms with Gasteiger partial charge >= 0.3 is 0 Å². The molecule has 4 aromatic rings. The average Bonchev–Trinajstić information content (AvgIpc) is 3.26. The van der Waals surface area contributed by atoms with Crippen LogP contribution in [-0.4, -0.2) is 25.5 Å². The van der Waals surface area contributed by atoms with E-state index in [1.165, 1.54) is 12.1 Å². The van der Waals surface area contributed by atoms with Crippen LogP contribution >= 0.6 is 0 Å². The number of ketones is 1. The number of benzene rings is 2. The smallest absolute Gasteiger partial charge is 0.229 e. The van der Waals surface area contributed by atoms with Crippen LogP contribution in [0.15, 0.2) is 54.7 Å². The lowest BCUT2D eigenvalue weighted by molar-refractivity contribution is 0.0963. The van der Waals surface area contributed by atoms with Gasteiger partial charge < -0.3 is 4.98 Å². The second-order valence-corrected chi connectivity index (χ2v) is 6.57. The van der Waals surface area contributed by atoms with Crippen LogP contribution in [0.2, 0.25) is 0 Å². The standard InChI is InChI=1S/C20H15FN4O/c21-14-7-5-12(6-8-14)13-9-18-15(19(26)10-13)11-22-25(18)20-23-16-3-1-2-4-17(16)24-20/h1-8,11,13H,9-10H2,(H,23,24)/t13-/m0/s1. The monoisotopic (exact) mass is 346 g/mol. The van der Waals surface area contributed by atoms with Crippen molar-refractivity contribution < 1.29 is 9.18 Å². The number of aromatic nitrogens is 4. The molecule has 0 unspecified atom stereocenters. The summed E-state index contributed by atoms with van der Waals surface area (Å²) in [4.78, 5) is 20.4. The molecule has 0 saturated carbocycles. The molecule has 1 aliphatic rings. The third-order valence-electron chi connectivity index (χ3n) is 4.96. The van der Waals surface area contributed by atoms with Crippen LogP contribution < -0.4 is 0 Å². The topological polar surface area (TPSA) is 63.6 Å². The van der Waals surface area contributed by atoms with Gasteiger partial charge in [-0.1, -0.05) is 24.3 Å². The molecule has 6 heteroatoms. The summed E-state index contributed by atoms with van der Waals surface area (Å²) in [5.41, 5.74) is 4.22. The molecule has 2 aromatic heterocycles. The first-order valence-corrected chi connectivity index (χ1v) is 8.50. The highest BCUT2D eigenvalue weighted by Crippen LogP contribution is 2.33. The number of halogens is 1. The van der Waals surface area contributed by atoms with Gasteiger partial charge in [-0.05, 0) is 42.2 Å². The molecular weight excluding hydrogens is 331 g/mol. The first-order valence-electron chi connectivity index (χ1n) is 8.50. The molecule has 1 N–H and O–H groups in total. The summed E-state index contributed by atoms with van der Waals surface area (Å²) >= 11 is 0. The lowest BCUT2D eigenvalue weighted by Crippen LogP contribution is -2.20. The molecular formula is C20H15FN4O. The van der Waals surface area contributed by atoms with Crippen LogP contribution in [-0.2, 0) is 6.42 Å². The Hall–Kier alpha value is -3.28. The normalized spacial score (nSPS) is 16.8. The van der Waals surface area contributed by atoms with Crippen molar-refractivity contribution in [2.24, 2.45) is 0 Å². The molecule has 1 aliphatic carbocycles. The maximum atomic E-state index is 13.2. The largest absolute Gasteiger partial charge is 0.322 e. The number of carbonyl (C=O) groups excluding carboxylic acids is 1. The van der Waals surface area contributed by atoms with Crippen LogP contribution in [0, 0.1) is 5.82 Å². The number of imidazole rings is 1. The third-order valence-corrected chi connectivity index (χ3v) is 4.96. The second-order valence-electron chi connectivity index (χ2n) is 6.57. The number of para-hydroxylation sites is 2. The molecule has 0 radical (unpaired) electrons. The van der Waals surface area contributed by atoms with E-state index in [2.05, 4.69) is 15.1 Å². The summed E-state index contributed by atoms with van der Waals surface area (Å²) in [5.74, 6) is 0.391. The highest BCUT2D eigenvalue weighted by Gasteiger charge is 2.30. The predicted molar refractivity (Wildman–Crippen MR) is 95.0 cm³/mol. The first-order chi connectivity index (χ1) is 12.7. The molecule has 0 bridgehead atoms. The molecule has 5 nitrogen and oxygen atoms in total. The number of Topliss-reactive ketones (excluding diaryl/α,β-unsaturated/α-hetero) is 1. The Labute approximate surface area is 148 Å². The number of nitrogens with zero attached hydrogens (tertiary/aromatic N) is 3. The zero-order valence-corrected chi connectivity index (χ0v) is 13.8. The molecule has 0 aliphatic heterocycles. The molecule has 0 fully saturated rings. The molecule has 5 rings (SSSR count). The third kappa shape index (κ3) is 2.34. The predicted octanol–water partition coefficient (Wildman–Crippen LogP) is 3.80. The Morgan fingerprint density at radius 3 is 2.69 bits per heavy atom. The van der Waals surface area contributed by atoms with Crippen molar-refractivity contribution in [2.45, 2.75) is 18.8 Å². The molecule has 2 heterocycles. The van der Waals surface area contributed by atoms with Gasteiger partial charge in [0.15, 0.2) is 5.78 Å². The number of rotatable bonds is 2. The van der Waals surface area contributed by atoms with Gasteiger partial charge in [0.25, 0.3) is 0 Å². The van der Waals surface area contributed by atoms with E-state index in [1.54, 1.807) is 23.0 Å². The average molecular weight is 346 g/mol. The molecule has 2 aromatic carbocycles. The minimum atomic E-state index is -0.274. The van der Waals surface area contributed by atoms with Crippen LogP contribution in [0.3, 0.4) is 0 Å². The Morgan fingerprint density at radius 2 is 1.88 bits per heavy atom. The van der Waals surface area contributed by atoms with Gasteiger partial charge in [0.05, 0.1) is 28.5 Å². The lowest BCUT2D eigenvalue weighted by Gasteiger charge is -2.22. The summed E-state index contributed by atoms with van der Waals surface area (Å²) in [6, 6.07) is 14.1. The van der Waals surface area contributed by atoms with Gasteiger partial charge in [0.1, 0.15) is 5.82 Å². The fourth-order valence-corrected chi connectivity index (χ4v) is 3.64. The summed E-state index contributed by atoms with van der Waals surface area (Å²) in [6.45, 7) is 0. The van der Waals surface area contributed by atoms with Crippen molar-refractivity contribution in [3.05, 3.63) is 77.4 Å². The minimum absolute atomic E-state index is 0.00966. The summed E-state index contributed by atoms with van der Waals surface area (Å²) in [6.07, 6.45) is 2.68. The fraction of sp³-hybridized carbons (Fsp3) is 0.150. The quantitative estimate of drug-likeness (QED) is 0.600. The van der Waals surface area contributed by atoms with Crippen molar-refractivity contribution in [2.75, 3.05) is 0 Å². The lowest BCUT2D eigenvalue weighted by atomic mass is 9.82. The number of hydrogen-bond donors (Lipinski definition) is 1. The summed E-state index contributed by atoms with van der Waals surface area (Å²) in [5, 5.41) is 4.40. The number of H-pyrrole nitrogens is 1. The SMILES string of the molecule is O=C1C[C@@H](c2ccc(F)cc2)Cc2c1cnn2-c1nc2ccccc2[nH]1. The van der Waals surface area contributed by atoms with Gasteiger partial charge in [-0.25, -0.2) is 14.1 Å². The zero-order chi connectivity index (χ0) is 17.7.